The van der Waals surface area contributed by atoms with E-state index in [2.05, 4.69) is 21.4 Å². The fourth-order valence-electron chi connectivity index (χ4n) is 2.77. The molecular weight excluding hydrogens is 366 g/mol. The van der Waals surface area contributed by atoms with Gasteiger partial charge in [-0.2, -0.15) is 0 Å². The smallest absolute Gasteiger partial charge is 0.358 e. The number of nitrogens with one attached hydrogen (secondary N) is 1. The van der Waals surface area contributed by atoms with Crippen molar-refractivity contribution in [3.63, 3.8) is 0 Å². The third-order valence-corrected chi connectivity index (χ3v) is 4.90. The zero-order chi connectivity index (χ0) is 19.6. The molecule has 2 aromatic heterocycles. The Balaban J connectivity index is 1.62. The first-order valence-electron chi connectivity index (χ1n) is 8.34. The highest BCUT2D eigenvalue weighted by molar-refractivity contribution is 7.14. The summed E-state index contributed by atoms with van der Waals surface area (Å²) in [5, 5.41) is 16.0. The third kappa shape index (κ3) is 4.37. The molecule has 0 atom stereocenters. The van der Waals surface area contributed by atoms with Gasteiger partial charge in [-0.25, -0.2) is 4.98 Å². The Kier molecular flexibility index (Phi) is 5.31. The van der Waals surface area contributed by atoms with Gasteiger partial charge in [0.05, 0.1) is 5.69 Å². The van der Waals surface area contributed by atoms with Gasteiger partial charge in [0.15, 0.2) is 5.13 Å². The van der Waals surface area contributed by atoms with Gasteiger partial charge in [-0.1, -0.05) is 23.8 Å². The summed E-state index contributed by atoms with van der Waals surface area (Å²) in [6.07, 6.45) is 1.51. The van der Waals surface area contributed by atoms with E-state index in [0.29, 0.717) is 17.5 Å². The first kappa shape index (κ1) is 18.7. The number of benzene rings is 1. The molecule has 0 saturated carbocycles. The first-order valence-corrected chi connectivity index (χ1v) is 9.22. The number of nitrogens with zero attached hydrogens (tertiary/aromatic N) is 4. The molecule has 0 spiro atoms. The van der Waals surface area contributed by atoms with Crippen LogP contribution < -0.4 is 5.32 Å². The topological polar surface area (TPSA) is 103 Å². The van der Waals surface area contributed by atoms with E-state index in [-0.39, 0.29) is 18.1 Å². The van der Waals surface area contributed by atoms with Crippen LogP contribution in [0.15, 0.2) is 29.8 Å². The Morgan fingerprint density at radius 1 is 1.30 bits per heavy atom. The van der Waals surface area contributed by atoms with Crippen LogP contribution in [0.2, 0.25) is 0 Å². The maximum Gasteiger partial charge on any atom is 0.381 e. The van der Waals surface area contributed by atoms with E-state index in [1.165, 1.54) is 23.1 Å². The van der Waals surface area contributed by atoms with Crippen LogP contribution in [-0.2, 0) is 11.3 Å². The van der Waals surface area contributed by atoms with Crippen LogP contribution in [0, 0.1) is 30.9 Å². The average molecular weight is 385 g/mol. The lowest BCUT2D eigenvalue weighted by molar-refractivity contribution is -0.389. The number of imidazole rings is 1. The summed E-state index contributed by atoms with van der Waals surface area (Å²) >= 11 is 1.37. The Morgan fingerprint density at radius 3 is 2.74 bits per heavy atom. The zero-order valence-corrected chi connectivity index (χ0v) is 16.0. The fraction of sp³-hybridized carbons (Fsp3) is 0.278. The van der Waals surface area contributed by atoms with Gasteiger partial charge >= 0.3 is 5.82 Å². The molecule has 0 saturated heterocycles. The number of rotatable bonds is 6. The van der Waals surface area contributed by atoms with Crippen molar-refractivity contribution in [3.05, 3.63) is 56.8 Å². The van der Waals surface area contributed by atoms with Gasteiger partial charge in [-0.3, -0.25) is 4.79 Å². The van der Waals surface area contributed by atoms with Gasteiger partial charge < -0.3 is 20.0 Å². The Morgan fingerprint density at radius 2 is 2.07 bits per heavy atom. The predicted octanol–water partition coefficient (Wildman–Crippen LogP) is 3.87. The van der Waals surface area contributed by atoms with E-state index in [1.54, 1.807) is 11.5 Å². The first-order chi connectivity index (χ1) is 12.8. The number of aromatic nitrogens is 3. The summed E-state index contributed by atoms with van der Waals surface area (Å²) in [6.45, 7) is 6.06. The monoisotopic (exact) mass is 385 g/mol. The molecule has 27 heavy (non-hydrogen) atoms. The van der Waals surface area contributed by atoms with Crippen molar-refractivity contribution in [3.8, 4) is 11.3 Å². The Bertz CT molecular complexity index is 1010. The maximum atomic E-state index is 12.2. The number of amides is 1. The van der Waals surface area contributed by atoms with Crippen LogP contribution in [0.4, 0.5) is 10.9 Å². The second-order valence-electron chi connectivity index (χ2n) is 6.25. The number of carbonyl (C=O) groups excluding carboxylic acids is 1. The fourth-order valence-corrected chi connectivity index (χ4v) is 3.49. The maximum absolute atomic E-state index is 12.2. The van der Waals surface area contributed by atoms with E-state index >= 15 is 0 Å². The molecule has 1 amide bonds. The minimum Gasteiger partial charge on any atom is -0.358 e. The van der Waals surface area contributed by atoms with Gasteiger partial charge in [0.25, 0.3) is 0 Å². The van der Waals surface area contributed by atoms with E-state index in [1.807, 2.05) is 31.4 Å². The molecule has 1 aromatic carbocycles. The largest absolute Gasteiger partial charge is 0.381 e. The van der Waals surface area contributed by atoms with Crippen LogP contribution >= 0.6 is 11.3 Å². The molecule has 140 valence electrons. The molecule has 0 aliphatic carbocycles. The van der Waals surface area contributed by atoms with Crippen LogP contribution in [0.25, 0.3) is 11.3 Å². The van der Waals surface area contributed by atoms with Crippen molar-refractivity contribution in [1.82, 2.24) is 14.5 Å². The molecule has 0 bridgehead atoms. The summed E-state index contributed by atoms with van der Waals surface area (Å²) in [4.78, 5) is 30.7. The highest BCUT2D eigenvalue weighted by atomic mass is 32.1. The molecule has 0 aliphatic heterocycles. The molecule has 0 aliphatic rings. The molecular formula is C18H19N5O3S. The van der Waals surface area contributed by atoms with Crippen molar-refractivity contribution >= 4 is 28.2 Å². The lowest BCUT2D eigenvalue weighted by atomic mass is 10.0. The number of carbonyl (C=O) groups is 1. The van der Waals surface area contributed by atoms with Gasteiger partial charge in [0.2, 0.25) is 11.7 Å². The highest BCUT2D eigenvalue weighted by Gasteiger charge is 2.16. The van der Waals surface area contributed by atoms with Gasteiger partial charge in [-0.15, -0.1) is 11.3 Å². The molecule has 0 fully saturated rings. The van der Waals surface area contributed by atoms with Crippen LogP contribution in [0.5, 0.6) is 0 Å². The molecule has 1 N–H and O–H groups in total. The van der Waals surface area contributed by atoms with E-state index in [9.17, 15) is 14.9 Å². The van der Waals surface area contributed by atoms with Crippen molar-refractivity contribution in [2.75, 3.05) is 5.32 Å². The molecule has 3 aromatic rings. The minimum atomic E-state index is -0.548. The molecule has 0 unspecified atom stereocenters. The number of nitro groups is 1. The van der Waals surface area contributed by atoms with Crippen LogP contribution in [0.3, 0.4) is 0 Å². The Hall–Kier alpha value is -3.07. The van der Waals surface area contributed by atoms with E-state index < -0.39 is 4.92 Å². The van der Waals surface area contributed by atoms with Crippen molar-refractivity contribution < 1.29 is 9.72 Å². The molecule has 3 rings (SSSR count). The second-order valence-corrected chi connectivity index (χ2v) is 7.11. The van der Waals surface area contributed by atoms with Gasteiger partial charge in [-0.05, 0) is 29.3 Å². The Labute approximate surface area is 160 Å². The number of thiazole rings is 1. The summed E-state index contributed by atoms with van der Waals surface area (Å²) in [5.74, 6) is 0.0825. The van der Waals surface area contributed by atoms with Crippen molar-refractivity contribution in [2.45, 2.75) is 33.7 Å². The normalized spacial score (nSPS) is 10.8. The van der Waals surface area contributed by atoms with E-state index in [0.717, 1.165) is 16.8 Å². The minimum absolute atomic E-state index is 0.173. The predicted molar refractivity (Wildman–Crippen MR) is 104 cm³/mol. The third-order valence-electron chi connectivity index (χ3n) is 4.14. The summed E-state index contributed by atoms with van der Waals surface area (Å²) in [7, 11) is 0. The number of anilines is 1. The van der Waals surface area contributed by atoms with Gasteiger partial charge in [0, 0.05) is 30.8 Å². The molecule has 0 radical (unpaired) electrons. The molecule has 2 heterocycles. The zero-order valence-electron chi connectivity index (χ0n) is 15.2. The molecule has 8 nitrogen and oxygen atoms in total. The average Bonchev–Trinajstić information content (AvgIpc) is 3.20. The quantitative estimate of drug-likeness (QED) is 0.512. The molecule has 9 heteroatoms. The lowest BCUT2D eigenvalue weighted by Crippen LogP contribution is -2.14. The summed E-state index contributed by atoms with van der Waals surface area (Å²) < 4.78 is 1.60. The highest BCUT2D eigenvalue weighted by Crippen LogP contribution is 2.28. The van der Waals surface area contributed by atoms with Gasteiger partial charge in [0.1, 0.15) is 6.20 Å². The summed E-state index contributed by atoms with van der Waals surface area (Å²) in [6, 6.07) is 6.16. The van der Waals surface area contributed by atoms with E-state index in [4.69, 9.17) is 0 Å². The van der Waals surface area contributed by atoms with Crippen LogP contribution in [0.1, 0.15) is 23.4 Å². The summed E-state index contributed by atoms with van der Waals surface area (Å²) in [5.41, 5.74) is 4.19. The second kappa shape index (κ2) is 7.67. The number of hydrogen-bond donors (Lipinski definition) is 1. The van der Waals surface area contributed by atoms with Crippen LogP contribution in [-0.4, -0.2) is 25.4 Å². The van der Waals surface area contributed by atoms with Crippen molar-refractivity contribution in [1.29, 1.82) is 0 Å². The number of hydrogen-bond acceptors (Lipinski definition) is 6. The number of aryl methyl sites for hydroxylation is 4. The standard InChI is InChI=1S/C18H19N5O3S/c1-11-4-5-14(12(2)8-11)15-10-27-18(20-15)21-17(24)6-7-22-9-16(23(25)26)19-13(22)3/h4-5,8-10H,6-7H2,1-3H3,(H,20,21,24). The SMILES string of the molecule is Cc1ccc(-c2csc(NC(=O)CCn3cc([N+](=O)[O-])nc3C)n2)c(C)c1. The van der Waals surface area contributed by atoms with Crippen molar-refractivity contribution in [2.24, 2.45) is 0 Å². The lowest BCUT2D eigenvalue weighted by Gasteiger charge is -2.04.